The summed E-state index contributed by atoms with van der Waals surface area (Å²) in [7, 11) is 0. The molecule has 0 saturated heterocycles. The molecule has 0 amide bonds. The Bertz CT molecular complexity index is 618. The van der Waals surface area contributed by atoms with Gasteiger partial charge in [0.1, 0.15) is 0 Å². The van der Waals surface area contributed by atoms with Crippen LogP contribution in [-0.4, -0.2) is 12.5 Å². The Morgan fingerprint density at radius 3 is 2.63 bits per heavy atom. The summed E-state index contributed by atoms with van der Waals surface area (Å²) in [5.41, 5.74) is 7.06. The van der Waals surface area contributed by atoms with Crippen LogP contribution in [-0.2, 0) is 0 Å². The highest BCUT2D eigenvalue weighted by atomic mass is 35.5. The molecule has 2 N–H and O–H groups in total. The first-order valence-electron chi connectivity index (χ1n) is 6.06. The maximum atomic E-state index is 6.03. The number of hydrogen-bond acceptors (Lipinski definition) is 4. The monoisotopic (exact) mass is 291 g/mol. The molecular formula is C14H14ClN3S. The van der Waals surface area contributed by atoms with Gasteiger partial charge in [-0.25, -0.2) is 0 Å². The quantitative estimate of drug-likeness (QED) is 0.919. The number of anilines is 1. The van der Waals surface area contributed by atoms with Crippen molar-refractivity contribution < 1.29 is 0 Å². The average Bonchev–Trinajstić information content (AvgIpc) is 2.97. The molecule has 98 valence electrons. The highest BCUT2D eigenvalue weighted by Gasteiger charge is 2.29. The number of aryl methyl sites for hydroxylation is 1. The third kappa shape index (κ3) is 2.33. The Kier molecular flexibility index (Phi) is 3.21. The van der Waals surface area contributed by atoms with Gasteiger partial charge in [0.25, 0.3) is 0 Å². The second kappa shape index (κ2) is 4.87. The van der Waals surface area contributed by atoms with E-state index in [2.05, 4.69) is 28.9 Å². The van der Waals surface area contributed by atoms with Gasteiger partial charge in [-0.1, -0.05) is 11.6 Å². The van der Waals surface area contributed by atoms with Crippen molar-refractivity contribution in [1.29, 1.82) is 0 Å². The summed E-state index contributed by atoms with van der Waals surface area (Å²) in [6.45, 7) is 2.81. The van der Waals surface area contributed by atoms with Crippen molar-refractivity contribution in [3.05, 3.63) is 51.2 Å². The van der Waals surface area contributed by atoms with Crippen LogP contribution in [0.15, 0.2) is 41.4 Å². The minimum Gasteiger partial charge on any atom is -0.369 e. The minimum absolute atomic E-state index is 0.194. The van der Waals surface area contributed by atoms with Crippen LogP contribution in [0.5, 0.6) is 0 Å². The van der Waals surface area contributed by atoms with Crippen molar-refractivity contribution in [2.24, 2.45) is 10.7 Å². The molecule has 19 heavy (non-hydrogen) atoms. The largest absolute Gasteiger partial charge is 0.369 e. The maximum absolute atomic E-state index is 6.03. The van der Waals surface area contributed by atoms with Crippen molar-refractivity contribution in [3.63, 3.8) is 0 Å². The van der Waals surface area contributed by atoms with Crippen molar-refractivity contribution in [1.82, 2.24) is 0 Å². The molecule has 0 radical (unpaired) electrons. The van der Waals surface area contributed by atoms with E-state index >= 15 is 0 Å². The Hall–Kier alpha value is -1.52. The number of nitrogens with two attached hydrogens (primary N) is 1. The van der Waals surface area contributed by atoms with Crippen LogP contribution in [0, 0.1) is 6.92 Å². The zero-order valence-electron chi connectivity index (χ0n) is 10.5. The number of aliphatic imine (C=N–C) groups is 1. The van der Waals surface area contributed by atoms with Crippen molar-refractivity contribution >= 4 is 34.6 Å². The number of benzene rings is 1. The number of halogens is 1. The van der Waals surface area contributed by atoms with Gasteiger partial charge in [-0.2, -0.15) is 0 Å². The van der Waals surface area contributed by atoms with Crippen LogP contribution in [0.1, 0.15) is 15.8 Å². The SMILES string of the molecule is Cc1ccc(C2CN=C(N)N2c2ccc(Cl)cc2)s1. The van der Waals surface area contributed by atoms with Crippen LogP contribution < -0.4 is 10.6 Å². The molecule has 1 aromatic carbocycles. The minimum atomic E-state index is 0.194. The molecule has 1 unspecified atom stereocenters. The van der Waals surface area contributed by atoms with Gasteiger partial charge in [-0.3, -0.25) is 4.99 Å². The molecule has 1 atom stereocenters. The molecule has 0 fully saturated rings. The highest BCUT2D eigenvalue weighted by molar-refractivity contribution is 7.12. The fourth-order valence-electron chi connectivity index (χ4n) is 2.26. The molecule has 0 saturated carbocycles. The Balaban J connectivity index is 1.96. The summed E-state index contributed by atoms with van der Waals surface area (Å²) < 4.78 is 0. The van der Waals surface area contributed by atoms with Gasteiger partial charge in [0.05, 0.1) is 12.6 Å². The van der Waals surface area contributed by atoms with E-state index in [1.165, 1.54) is 9.75 Å². The Morgan fingerprint density at radius 1 is 1.26 bits per heavy atom. The van der Waals surface area contributed by atoms with Crippen molar-refractivity contribution in [3.8, 4) is 0 Å². The number of guanidine groups is 1. The Morgan fingerprint density at radius 2 is 2.00 bits per heavy atom. The van der Waals surface area contributed by atoms with Crippen LogP contribution in [0.4, 0.5) is 5.69 Å². The van der Waals surface area contributed by atoms with Gasteiger partial charge in [0.2, 0.25) is 0 Å². The molecule has 2 heterocycles. The number of hydrogen-bond donors (Lipinski definition) is 1. The summed E-state index contributed by atoms with van der Waals surface area (Å²) in [4.78, 5) is 9.04. The van der Waals surface area contributed by atoms with Crippen LogP contribution >= 0.6 is 22.9 Å². The predicted octanol–water partition coefficient (Wildman–Crippen LogP) is 3.59. The second-order valence-corrected chi connectivity index (χ2v) is 6.27. The molecule has 3 nitrogen and oxygen atoms in total. The van der Waals surface area contributed by atoms with E-state index in [9.17, 15) is 0 Å². The van der Waals surface area contributed by atoms with Gasteiger partial charge in [-0.05, 0) is 43.3 Å². The third-order valence-electron chi connectivity index (χ3n) is 3.18. The van der Waals surface area contributed by atoms with E-state index in [1.54, 1.807) is 11.3 Å². The summed E-state index contributed by atoms with van der Waals surface area (Å²) >= 11 is 7.73. The predicted molar refractivity (Wildman–Crippen MR) is 82.2 cm³/mol. The first kappa shape index (κ1) is 12.5. The fraction of sp³-hybridized carbons (Fsp3) is 0.214. The molecule has 0 aliphatic carbocycles. The second-order valence-electron chi connectivity index (χ2n) is 4.51. The number of nitrogens with zero attached hydrogens (tertiary/aromatic N) is 2. The average molecular weight is 292 g/mol. The lowest BCUT2D eigenvalue weighted by molar-refractivity contribution is 0.785. The van der Waals surface area contributed by atoms with E-state index in [0.717, 1.165) is 10.7 Å². The standard InChI is InChI=1S/C14H14ClN3S/c1-9-2-7-13(19-9)12-8-17-14(16)18(12)11-5-3-10(15)4-6-11/h2-7,12H,8H2,1H3,(H2,16,17). The molecule has 1 aromatic heterocycles. The number of rotatable bonds is 2. The fourth-order valence-corrected chi connectivity index (χ4v) is 3.35. The van der Waals surface area contributed by atoms with E-state index < -0.39 is 0 Å². The summed E-state index contributed by atoms with van der Waals surface area (Å²) in [5, 5.41) is 0.724. The van der Waals surface area contributed by atoms with Crippen LogP contribution in [0.25, 0.3) is 0 Å². The Labute approximate surface area is 121 Å². The zero-order chi connectivity index (χ0) is 13.4. The van der Waals surface area contributed by atoms with Crippen molar-refractivity contribution in [2.45, 2.75) is 13.0 Å². The lowest BCUT2D eigenvalue weighted by Gasteiger charge is -2.25. The molecule has 0 spiro atoms. The molecule has 1 aliphatic rings. The van der Waals surface area contributed by atoms with Crippen LogP contribution in [0.2, 0.25) is 5.02 Å². The topological polar surface area (TPSA) is 41.6 Å². The van der Waals surface area contributed by atoms with Gasteiger partial charge in [0, 0.05) is 20.5 Å². The zero-order valence-corrected chi connectivity index (χ0v) is 12.1. The van der Waals surface area contributed by atoms with E-state index in [4.69, 9.17) is 17.3 Å². The van der Waals surface area contributed by atoms with Gasteiger partial charge in [-0.15, -0.1) is 11.3 Å². The van der Waals surface area contributed by atoms with Gasteiger partial charge >= 0.3 is 0 Å². The summed E-state index contributed by atoms with van der Waals surface area (Å²) in [5.74, 6) is 0.568. The molecule has 1 aliphatic heterocycles. The van der Waals surface area contributed by atoms with E-state index in [0.29, 0.717) is 12.5 Å². The smallest absolute Gasteiger partial charge is 0.196 e. The van der Waals surface area contributed by atoms with Gasteiger partial charge < -0.3 is 10.6 Å². The molecule has 3 rings (SSSR count). The summed E-state index contributed by atoms with van der Waals surface area (Å²) in [6.07, 6.45) is 0. The lowest BCUT2D eigenvalue weighted by Crippen LogP contribution is -2.35. The first-order chi connectivity index (χ1) is 9.15. The maximum Gasteiger partial charge on any atom is 0.196 e. The van der Waals surface area contributed by atoms with Crippen LogP contribution in [0.3, 0.4) is 0 Å². The number of thiophene rings is 1. The molecule has 2 aromatic rings. The van der Waals surface area contributed by atoms with E-state index in [1.807, 2.05) is 24.3 Å². The summed E-state index contributed by atoms with van der Waals surface area (Å²) in [6, 6.07) is 12.2. The molecule has 5 heteroatoms. The lowest BCUT2D eigenvalue weighted by atomic mass is 10.2. The first-order valence-corrected chi connectivity index (χ1v) is 7.25. The van der Waals surface area contributed by atoms with Gasteiger partial charge in [0.15, 0.2) is 5.96 Å². The van der Waals surface area contributed by atoms with E-state index in [-0.39, 0.29) is 6.04 Å². The third-order valence-corrected chi connectivity index (χ3v) is 4.53. The molecular weight excluding hydrogens is 278 g/mol. The van der Waals surface area contributed by atoms with Crippen molar-refractivity contribution in [2.75, 3.05) is 11.4 Å². The molecule has 0 bridgehead atoms. The normalized spacial score (nSPS) is 18.7. The highest BCUT2D eigenvalue weighted by Crippen LogP contribution is 2.34.